The molecule has 2 aromatic carbocycles. The summed E-state index contributed by atoms with van der Waals surface area (Å²) in [5.41, 5.74) is 2.59. The highest BCUT2D eigenvalue weighted by Gasteiger charge is 1.99. The van der Waals surface area contributed by atoms with Crippen LogP contribution in [0.4, 0.5) is 5.69 Å². The monoisotopic (exact) mass is 262 g/mol. The number of nitrogens with zero attached hydrogens (tertiary/aromatic N) is 1. The maximum Gasteiger partial charge on any atom is 0.0420 e. The van der Waals surface area contributed by atoms with E-state index in [1.807, 2.05) is 12.4 Å². The lowest BCUT2D eigenvalue weighted by atomic mass is 10.1. The van der Waals surface area contributed by atoms with Crippen LogP contribution in [0.2, 0.25) is 0 Å². The zero-order valence-corrected chi connectivity index (χ0v) is 11.4. The average Bonchev–Trinajstić information content (AvgIpc) is 2.53. The number of nitrogens with one attached hydrogen (secondary N) is 1. The molecule has 100 valence electrons. The summed E-state index contributed by atoms with van der Waals surface area (Å²) in [6.45, 7) is 0.982. The summed E-state index contributed by atoms with van der Waals surface area (Å²) in [6, 6.07) is 19.0. The standard InChI is InChI=1S/C18H18N2/c1-2-6-15(7-3-1)8-5-12-20-18-10-4-9-16-14-19-13-11-17(16)18/h1-4,6-7,9-11,13-14,20H,5,8,12H2. The third kappa shape index (κ3) is 2.97. The van der Waals surface area contributed by atoms with E-state index in [4.69, 9.17) is 0 Å². The first-order valence-corrected chi connectivity index (χ1v) is 7.04. The predicted octanol–water partition coefficient (Wildman–Crippen LogP) is 4.28. The molecule has 0 aliphatic heterocycles. The van der Waals surface area contributed by atoms with Crippen molar-refractivity contribution in [2.24, 2.45) is 0 Å². The van der Waals surface area contributed by atoms with E-state index in [-0.39, 0.29) is 0 Å². The Kier molecular flexibility index (Phi) is 3.93. The highest BCUT2D eigenvalue weighted by Crippen LogP contribution is 2.22. The van der Waals surface area contributed by atoms with Gasteiger partial charge in [-0.1, -0.05) is 42.5 Å². The first-order chi connectivity index (χ1) is 9.93. The summed E-state index contributed by atoms with van der Waals surface area (Å²) in [5, 5.41) is 5.95. The maximum absolute atomic E-state index is 4.16. The molecule has 0 saturated carbocycles. The number of benzene rings is 2. The molecular formula is C18H18N2. The van der Waals surface area contributed by atoms with Crippen molar-refractivity contribution < 1.29 is 0 Å². The molecular weight excluding hydrogens is 244 g/mol. The number of aromatic nitrogens is 1. The summed E-state index contributed by atoms with van der Waals surface area (Å²) in [4.78, 5) is 4.16. The number of anilines is 1. The molecule has 0 amide bonds. The van der Waals surface area contributed by atoms with Gasteiger partial charge in [-0.25, -0.2) is 0 Å². The third-order valence-corrected chi connectivity index (χ3v) is 3.48. The van der Waals surface area contributed by atoms with Crippen LogP contribution < -0.4 is 5.32 Å². The van der Waals surface area contributed by atoms with Crippen molar-refractivity contribution in [1.29, 1.82) is 0 Å². The summed E-state index contributed by atoms with van der Waals surface area (Å²) in [5.74, 6) is 0. The lowest BCUT2D eigenvalue weighted by molar-refractivity contribution is 0.864. The minimum Gasteiger partial charge on any atom is -0.385 e. The van der Waals surface area contributed by atoms with E-state index < -0.39 is 0 Å². The lowest BCUT2D eigenvalue weighted by Crippen LogP contribution is -2.03. The largest absolute Gasteiger partial charge is 0.385 e. The molecule has 3 rings (SSSR count). The van der Waals surface area contributed by atoms with Crippen LogP contribution in [0.1, 0.15) is 12.0 Å². The van der Waals surface area contributed by atoms with Crippen molar-refractivity contribution in [1.82, 2.24) is 4.98 Å². The Hall–Kier alpha value is -2.35. The van der Waals surface area contributed by atoms with Crippen molar-refractivity contribution in [2.45, 2.75) is 12.8 Å². The summed E-state index contributed by atoms with van der Waals surface area (Å²) >= 11 is 0. The minimum absolute atomic E-state index is 0.982. The quantitative estimate of drug-likeness (QED) is 0.694. The zero-order valence-electron chi connectivity index (χ0n) is 11.4. The van der Waals surface area contributed by atoms with Gasteiger partial charge in [-0.15, -0.1) is 0 Å². The highest BCUT2D eigenvalue weighted by atomic mass is 14.9. The van der Waals surface area contributed by atoms with Crippen LogP contribution in [-0.2, 0) is 6.42 Å². The van der Waals surface area contributed by atoms with Crippen LogP contribution in [0.15, 0.2) is 67.0 Å². The Morgan fingerprint density at radius 1 is 0.900 bits per heavy atom. The smallest absolute Gasteiger partial charge is 0.0420 e. The van der Waals surface area contributed by atoms with Gasteiger partial charge in [0.25, 0.3) is 0 Å². The number of aryl methyl sites for hydroxylation is 1. The fraction of sp³-hybridized carbons (Fsp3) is 0.167. The fourth-order valence-corrected chi connectivity index (χ4v) is 2.44. The van der Waals surface area contributed by atoms with Crippen LogP contribution in [0.3, 0.4) is 0 Å². The number of hydrogen-bond acceptors (Lipinski definition) is 2. The van der Waals surface area contributed by atoms with Crippen LogP contribution >= 0.6 is 0 Å². The Labute approximate surface area is 119 Å². The Bertz CT molecular complexity index is 672. The van der Waals surface area contributed by atoms with Gasteiger partial charge in [0.05, 0.1) is 0 Å². The molecule has 20 heavy (non-hydrogen) atoms. The van der Waals surface area contributed by atoms with Gasteiger partial charge in [0.15, 0.2) is 0 Å². The number of pyridine rings is 1. The Balaban J connectivity index is 1.60. The van der Waals surface area contributed by atoms with Gasteiger partial charge in [-0.2, -0.15) is 0 Å². The van der Waals surface area contributed by atoms with Gasteiger partial charge in [-0.05, 0) is 30.5 Å². The lowest BCUT2D eigenvalue weighted by Gasteiger charge is -2.09. The third-order valence-electron chi connectivity index (χ3n) is 3.48. The summed E-state index contributed by atoms with van der Waals surface area (Å²) < 4.78 is 0. The normalized spacial score (nSPS) is 10.6. The topological polar surface area (TPSA) is 24.9 Å². The van der Waals surface area contributed by atoms with Gasteiger partial charge in [0.1, 0.15) is 0 Å². The van der Waals surface area contributed by atoms with E-state index in [0.29, 0.717) is 0 Å². The van der Waals surface area contributed by atoms with Gasteiger partial charge in [0.2, 0.25) is 0 Å². The second kappa shape index (κ2) is 6.20. The maximum atomic E-state index is 4.16. The van der Waals surface area contributed by atoms with Crippen molar-refractivity contribution in [2.75, 3.05) is 11.9 Å². The van der Waals surface area contributed by atoms with E-state index in [2.05, 4.69) is 64.9 Å². The molecule has 0 unspecified atom stereocenters. The molecule has 0 atom stereocenters. The van der Waals surface area contributed by atoms with E-state index in [0.717, 1.165) is 19.4 Å². The molecule has 0 aliphatic carbocycles. The second-order valence-electron chi connectivity index (χ2n) is 4.92. The Morgan fingerprint density at radius 3 is 2.70 bits per heavy atom. The SMILES string of the molecule is c1ccc(CCCNc2cccc3cnccc23)cc1. The van der Waals surface area contributed by atoms with E-state index >= 15 is 0 Å². The summed E-state index contributed by atoms with van der Waals surface area (Å²) in [6.07, 6.45) is 5.99. The van der Waals surface area contributed by atoms with Gasteiger partial charge in [0, 0.05) is 35.4 Å². The molecule has 0 saturated heterocycles. The molecule has 0 bridgehead atoms. The number of hydrogen-bond donors (Lipinski definition) is 1. The van der Waals surface area contributed by atoms with Crippen LogP contribution in [0.25, 0.3) is 10.8 Å². The average molecular weight is 262 g/mol. The van der Waals surface area contributed by atoms with E-state index in [1.54, 1.807) is 0 Å². The predicted molar refractivity (Wildman–Crippen MR) is 85.0 cm³/mol. The van der Waals surface area contributed by atoms with Gasteiger partial charge < -0.3 is 5.32 Å². The molecule has 0 aliphatic rings. The van der Waals surface area contributed by atoms with Gasteiger partial charge >= 0.3 is 0 Å². The van der Waals surface area contributed by atoms with Crippen LogP contribution in [0, 0.1) is 0 Å². The molecule has 2 heteroatoms. The van der Waals surface area contributed by atoms with Crippen LogP contribution in [-0.4, -0.2) is 11.5 Å². The molecule has 1 aromatic heterocycles. The van der Waals surface area contributed by atoms with E-state index in [9.17, 15) is 0 Å². The van der Waals surface area contributed by atoms with E-state index in [1.165, 1.54) is 22.0 Å². The first-order valence-electron chi connectivity index (χ1n) is 7.04. The number of rotatable bonds is 5. The fourth-order valence-electron chi connectivity index (χ4n) is 2.44. The Morgan fingerprint density at radius 2 is 1.80 bits per heavy atom. The van der Waals surface area contributed by atoms with Gasteiger partial charge in [-0.3, -0.25) is 4.98 Å². The second-order valence-corrected chi connectivity index (χ2v) is 4.92. The molecule has 1 N–H and O–H groups in total. The van der Waals surface area contributed by atoms with Crippen LogP contribution in [0.5, 0.6) is 0 Å². The van der Waals surface area contributed by atoms with Crippen molar-refractivity contribution in [3.05, 3.63) is 72.6 Å². The van der Waals surface area contributed by atoms with Crippen molar-refractivity contribution in [3.8, 4) is 0 Å². The van der Waals surface area contributed by atoms with Crippen molar-refractivity contribution >= 4 is 16.5 Å². The number of fused-ring (bicyclic) bond motifs is 1. The molecule has 3 aromatic rings. The molecule has 1 heterocycles. The molecule has 0 spiro atoms. The molecule has 0 fully saturated rings. The minimum atomic E-state index is 0.982. The van der Waals surface area contributed by atoms with Crippen molar-refractivity contribution in [3.63, 3.8) is 0 Å². The summed E-state index contributed by atoms with van der Waals surface area (Å²) in [7, 11) is 0. The molecule has 2 nitrogen and oxygen atoms in total. The molecule has 0 radical (unpaired) electrons. The zero-order chi connectivity index (χ0) is 13.6. The first kappa shape index (κ1) is 12.7. The highest BCUT2D eigenvalue weighted by molar-refractivity contribution is 5.93.